The van der Waals surface area contributed by atoms with E-state index in [0.717, 1.165) is 11.8 Å². The van der Waals surface area contributed by atoms with Gasteiger partial charge in [-0.1, -0.05) is 6.07 Å². The van der Waals surface area contributed by atoms with Gasteiger partial charge < -0.3 is 0 Å². The molecule has 1 heterocycles. The molecule has 0 unspecified atom stereocenters. The van der Waals surface area contributed by atoms with Crippen LogP contribution >= 0.6 is 11.8 Å². The van der Waals surface area contributed by atoms with Crippen LogP contribution in [0.25, 0.3) is 6.08 Å². The minimum absolute atomic E-state index is 0.290. The molecule has 0 aliphatic carbocycles. The van der Waals surface area contributed by atoms with Crippen molar-refractivity contribution in [2.24, 2.45) is 0 Å². The predicted octanol–water partition coefficient (Wildman–Crippen LogP) is 2.46. The number of hydrogen-bond donors (Lipinski definition) is 1. The third kappa shape index (κ3) is 2.14. The molecule has 1 aromatic rings. The van der Waals surface area contributed by atoms with Gasteiger partial charge in [-0.25, -0.2) is 4.39 Å². The number of hydrogen-bond acceptors (Lipinski definition) is 3. The molecule has 82 valence electrons. The largest absolute Gasteiger partial charge is 0.290 e. The van der Waals surface area contributed by atoms with E-state index >= 15 is 0 Å². The van der Waals surface area contributed by atoms with Crippen LogP contribution in [-0.2, 0) is 4.79 Å². The number of nitrogens with one attached hydrogen (secondary N) is 1. The Morgan fingerprint density at radius 2 is 2.12 bits per heavy atom. The Morgan fingerprint density at radius 1 is 1.38 bits per heavy atom. The lowest BCUT2D eigenvalue weighted by Crippen LogP contribution is -2.17. The molecule has 1 aliphatic heterocycles. The van der Waals surface area contributed by atoms with Crippen molar-refractivity contribution in [2.45, 2.75) is 6.92 Å². The van der Waals surface area contributed by atoms with Gasteiger partial charge in [-0.15, -0.1) is 0 Å². The van der Waals surface area contributed by atoms with Gasteiger partial charge in [-0.2, -0.15) is 0 Å². The molecule has 16 heavy (non-hydrogen) atoms. The second kappa shape index (κ2) is 4.09. The van der Waals surface area contributed by atoms with E-state index in [9.17, 15) is 14.0 Å². The molecule has 0 bridgehead atoms. The normalized spacial score (nSPS) is 18.0. The number of thioether (sulfide) groups is 1. The van der Waals surface area contributed by atoms with E-state index in [4.69, 9.17) is 0 Å². The Bertz CT molecular complexity index is 511. The van der Waals surface area contributed by atoms with Crippen molar-refractivity contribution in [1.29, 1.82) is 0 Å². The lowest BCUT2D eigenvalue weighted by atomic mass is 10.1. The van der Waals surface area contributed by atoms with Crippen molar-refractivity contribution >= 4 is 29.0 Å². The van der Waals surface area contributed by atoms with Gasteiger partial charge in [0.05, 0.1) is 4.91 Å². The first-order valence-corrected chi connectivity index (χ1v) is 5.39. The fourth-order valence-corrected chi connectivity index (χ4v) is 2.01. The van der Waals surface area contributed by atoms with Gasteiger partial charge in [0.15, 0.2) is 0 Å². The quantitative estimate of drug-likeness (QED) is 0.763. The van der Waals surface area contributed by atoms with Crippen molar-refractivity contribution in [1.82, 2.24) is 5.32 Å². The summed E-state index contributed by atoms with van der Waals surface area (Å²) in [5.41, 5.74) is 1.20. The van der Waals surface area contributed by atoms with E-state index in [1.807, 2.05) is 0 Å². The Hall–Kier alpha value is -1.62. The summed E-state index contributed by atoms with van der Waals surface area (Å²) in [6.07, 6.45) is 1.57. The zero-order valence-corrected chi connectivity index (χ0v) is 9.23. The number of halogens is 1. The van der Waals surface area contributed by atoms with Gasteiger partial charge in [0, 0.05) is 0 Å². The summed E-state index contributed by atoms with van der Waals surface area (Å²) in [5, 5.41) is 1.78. The van der Waals surface area contributed by atoms with Gasteiger partial charge in [0.25, 0.3) is 11.1 Å². The lowest BCUT2D eigenvalue weighted by Gasteiger charge is -1.98. The first-order valence-electron chi connectivity index (χ1n) is 4.57. The smallest absolute Gasteiger partial charge is 0.282 e. The minimum atomic E-state index is -0.406. The SMILES string of the molecule is Cc1cc(C=C2SC(=O)NC2=O)ccc1F. The van der Waals surface area contributed by atoms with Crippen LogP contribution in [0.5, 0.6) is 0 Å². The van der Waals surface area contributed by atoms with Crippen molar-refractivity contribution in [3.05, 3.63) is 40.0 Å². The molecule has 0 saturated carbocycles. The summed E-state index contributed by atoms with van der Waals surface area (Å²) in [6.45, 7) is 1.64. The average Bonchev–Trinajstić information content (AvgIpc) is 2.51. The van der Waals surface area contributed by atoms with E-state index in [-0.39, 0.29) is 11.1 Å². The summed E-state index contributed by atoms with van der Waals surface area (Å²) < 4.78 is 13.0. The number of amides is 2. The Balaban J connectivity index is 2.32. The molecule has 3 nitrogen and oxygen atoms in total. The van der Waals surface area contributed by atoms with Crippen LogP contribution in [0, 0.1) is 12.7 Å². The summed E-state index contributed by atoms with van der Waals surface area (Å²) in [7, 11) is 0. The van der Waals surface area contributed by atoms with Crippen molar-refractivity contribution < 1.29 is 14.0 Å². The average molecular weight is 237 g/mol. The second-order valence-corrected chi connectivity index (χ2v) is 4.38. The monoisotopic (exact) mass is 237 g/mol. The number of carbonyl (C=O) groups excluding carboxylic acids is 2. The third-order valence-electron chi connectivity index (χ3n) is 2.12. The van der Waals surface area contributed by atoms with Gasteiger partial charge in [-0.05, 0) is 48.0 Å². The second-order valence-electron chi connectivity index (χ2n) is 3.36. The van der Waals surface area contributed by atoms with Crippen molar-refractivity contribution in [3.8, 4) is 0 Å². The fourth-order valence-electron chi connectivity index (χ4n) is 1.33. The molecule has 0 aromatic heterocycles. The van der Waals surface area contributed by atoms with Gasteiger partial charge in [-0.3, -0.25) is 14.9 Å². The molecule has 0 atom stereocenters. The highest BCUT2D eigenvalue weighted by molar-refractivity contribution is 8.18. The molecule has 2 amide bonds. The molecule has 0 radical (unpaired) electrons. The zero-order valence-electron chi connectivity index (χ0n) is 8.41. The van der Waals surface area contributed by atoms with Crippen molar-refractivity contribution in [2.75, 3.05) is 0 Å². The highest BCUT2D eigenvalue weighted by Crippen LogP contribution is 2.25. The minimum Gasteiger partial charge on any atom is -0.282 e. The van der Waals surface area contributed by atoms with Gasteiger partial charge in [0.1, 0.15) is 5.82 Å². The number of aryl methyl sites for hydroxylation is 1. The van der Waals surface area contributed by atoms with Crippen molar-refractivity contribution in [3.63, 3.8) is 0 Å². The Labute approximate surface area is 95.7 Å². The number of imide groups is 1. The molecule has 1 aromatic carbocycles. The molecular formula is C11H8FNO2S. The van der Waals surface area contributed by atoms with E-state index in [1.165, 1.54) is 6.07 Å². The fraction of sp³-hybridized carbons (Fsp3) is 0.0909. The number of rotatable bonds is 1. The van der Waals surface area contributed by atoms with Crippen LogP contribution in [0.4, 0.5) is 9.18 Å². The standard InChI is InChI=1S/C11H8FNO2S/c1-6-4-7(2-3-8(6)12)5-9-10(14)13-11(15)16-9/h2-5H,1H3,(H,13,14,15). The molecule has 1 N–H and O–H groups in total. The van der Waals surface area contributed by atoms with E-state index in [2.05, 4.69) is 5.32 Å². The number of benzene rings is 1. The molecule has 2 rings (SSSR count). The summed E-state index contributed by atoms with van der Waals surface area (Å²) in [4.78, 5) is 22.5. The van der Waals surface area contributed by atoms with Crippen LogP contribution < -0.4 is 5.32 Å². The maximum Gasteiger partial charge on any atom is 0.290 e. The van der Waals surface area contributed by atoms with Crippen LogP contribution in [0.1, 0.15) is 11.1 Å². The lowest BCUT2D eigenvalue weighted by molar-refractivity contribution is -0.115. The highest BCUT2D eigenvalue weighted by Gasteiger charge is 2.24. The zero-order chi connectivity index (χ0) is 11.7. The molecule has 5 heteroatoms. The molecule has 0 spiro atoms. The topological polar surface area (TPSA) is 46.2 Å². The molecule has 1 aliphatic rings. The van der Waals surface area contributed by atoms with Crippen LogP contribution in [0.15, 0.2) is 23.1 Å². The van der Waals surface area contributed by atoms with E-state index < -0.39 is 5.91 Å². The van der Waals surface area contributed by atoms with Gasteiger partial charge in [0.2, 0.25) is 0 Å². The summed E-state index contributed by atoms with van der Waals surface area (Å²) in [6, 6.07) is 4.52. The molecule has 1 fully saturated rings. The van der Waals surface area contributed by atoms with Crippen LogP contribution in [0.3, 0.4) is 0 Å². The summed E-state index contributed by atoms with van der Waals surface area (Å²) in [5.74, 6) is -0.696. The first-order chi connectivity index (χ1) is 7.56. The maximum atomic E-state index is 13.0. The number of carbonyl (C=O) groups is 2. The predicted molar refractivity (Wildman–Crippen MR) is 60.2 cm³/mol. The maximum absolute atomic E-state index is 13.0. The van der Waals surface area contributed by atoms with Crippen LogP contribution in [-0.4, -0.2) is 11.1 Å². The molecular weight excluding hydrogens is 229 g/mol. The Morgan fingerprint density at radius 3 is 2.69 bits per heavy atom. The van der Waals surface area contributed by atoms with Crippen LogP contribution in [0.2, 0.25) is 0 Å². The summed E-state index contributed by atoms with van der Waals surface area (Å²) >= 11 is 0.846. The Kier molecular flexibility index (Phi) is 2.78. The highest BCUT2D eigenvalue weighted by atomic mass is 32.2. The van der Waals surface area contributed by atoms with E-state index in [1.54, 1.807) is 25.1 Å². The molecule has 1 saturated heterocycles. The van der Waals surface area contributed by atoms with E-state index in [0.29, 0.717) is 16.0 Å². The third-order valence-corrected chi connectivity index (χ3v) is 2.93. The first kappa shape index (κ1) is 10.9. The van der Waals surface area contributed by atoms with Gasteiger partial charge >= 0.3 is 0 Å².